The summed E-state index contributed by atoms with van der Waals surface area (Å²) in [6.07, 6.45) is 1.27. The van der Waals surface area contributed by atoms with Crippen molar-refractivity contribution < 1.29 is 9.00 Å². The summed E-state index contributed by atoms with van der Waals surface area (Å²) in [5.74, 6) is 1.08. The van der Waals surface area contributed by atoms with E-state index in [1.165, 1.54) is 4.88 Å². The van der Waals surface area contributed by atoms with E-state index in [1.807, 2.05) is 47.8 Å². The number of carbonyl (C=O) groups is 1. The smallest absolute Gasteiger partial charge is 0.220 e. The van der Waals surface area contributed by atoms with Crippen LogP contribution in [0.25, 0.3) is 0 Å². The Morgan fingerprint density at radius 1 is 1.14 bits per heavy atom. The lowest BCUT2D eigenvalue weighted by molar-refractivity contribution is -0.120. The second-order valence-corrected chi connectivity index (χ2v) is 7.31. The average Bonchev–Trinajstić information content (AvgIpc) is 2.99. The molecule has 0 saturated heterocycles. The third-order valence-corrected chi connectivity index (χ3v) is 5.25. The molecule has 0 radical (unpaired) electrons. The predicted molar refractivity (Wildman–Crippen MR) is 88.8 cm³/mol. The van der Waals surface area contributed by atoms with E-state index < -0.39 is 10.8 Å². The van der Waals surface area contributed by atoms with Gasteiger partial charge in [0.25, 0.3) is 0 Å². The molecule has 1 aromatic heterocycles. The summed E-state index contributed by atoms with van der Waals surface area (Å²) in [5, 5.41) is 4.85. The van der Waals surface area contributed by atoms with Crippen LogP contribution in [-0.2, 0) is 27.8 Å². The van der Waals surface area contributed by atoms with Gasteiger partial charge in [-0.1, -0.05) is 36.4 Å². The maximum atomic E-state index is 11.9. The molecule has 0 fully saturated rings. The molecule has 0 aliphatic carbocycles. The van der Waals surface area contributed by atoms with Crippen molar-refractivity contribution >= 4 is 28.0 Å². The van der Waals surface area contributed by atoms with Gasteiger partial charge in [-0.05, 0) is 23.4 Å². The fourth-order valence-electron chi connectivity index (χ4n) is 1.92. The number of hydrogen-bond acceptors (Lipinski definition) is 3. The fraction of sp³-hybridized carbons (Fsp3) is 0.312. The highest BCUT2D eigenvalue weighted by atomic mass is 32.2. The molecule has 0 spiro atoms. The topological polar surface area (TPSA) is 46.2 Å². The van der Waals surface area contributed by atoms with Crippen molar-refractivity contribution in [1.29, 1.82) is 0 Å². The first-order chi connectivity index (χ1) is 10.2. The molecule has 0 saturated carbocycles. The van der Waals surface area contributed by atoms with Crippen LogP contribution in [-0.4, -0.2) is 22.4 Å². The van der Waals surface area contributed by atoms with Crippen LogP contribution in [0.5, 0.6) is 0 Å². The Labute approximate surface area is 131 Å². The molecule has 1 amide bonds. The summed E-state index contributed by atoms with van der Waals surface area (Å²) < 4.78 is 11.9. The van der Waals surface area contributed by atoms with E-state index in [0.29, 0.717) is 24.5 Å². The number of amides is 1. The van der Waals surface area contributed by atoms with E-state index >= 15 is 0 Å². The molecule has 21 heavy (non-hydrogen) atoms. The van der Waals surface area contributed by atoms with Gasteiger partial charge in [0.2, 0.25) is 5.91 Å². The Kier molecular flexibility index (Phi) is 6.63. The summed E-state index contributed by atoms with van der Waals surface area (Å²) in [6, 6.07) is 13.8. The number of hydrogen-bond donors (Lipinski definition) is 1. The van der Waals surface area contributed by atoms with Crippen molar-refractivity contribution in [3.63, 3.8) is 0 Å². The molecule has 1 aromatic carbocycles. The van der Waals surface area contributed by atoms with Crippen molar-refractivity contribution in [1.82, 2.24) is 5.32 Å². The molecule has 0 aliphatic rings. The van der Waals surface area contributed by atoms with Gasteiger partial charge in [0.05, 0.1) is 0 Å². The summed E-state index contributed by atoms with van der Waals surface area (Å²) in [7, 11) is -0.934. The Bertz CT molecular complexity index is 567. The van der Waals surface area contributed by atoms with E-state index in [2.05, 4.69) is 5.32 Å². The zero-order valence-electron chi connectivity index (χ0n) is 11.8. The largest absolute Gasteiger partial charge is 0.355 e. The maximum Gasteiger partial charge on any atom is 0.220 e. The summed E-state index contributed by atoms with van der Waals surface area (Å²) in [6.45, 7) is 0.475. The van der Waals surface area contributed by atoms with E-state index in [4.69, 9.17) is 0 Å². The van der Waals surface area contributed by atoms with Crippen LogP contribution in [0.15, 0.2) is 47.8 Å². The van der Waals surface area contributed by atoms with Crippen LogP contribution in [0, 0.1) is 0 Å². The fourth-order valence-corrected chi connectivity index (χ4v) is 3.66. The van der Waals surface area contributed by atoms with Crippen molar-refractivity contribution in [2.45, 2.75) is 18.6 Å². The lowest BCUT2D eigenvalue weighted by Gasteiger charge is -2.05. The van der Waals surface area contributed by atoms with Crippen LogP contribution in [0.1, 0.15) is 16.9 Å². The normalized spacial score (nSPS) is 12.0. The molecule has 2 rings (SSSR count). The molecule has 2 aromatic rings. The molecule has 0 aliphatic heterocycles. The Morgan fingerprint density at radius 2 is 1.95 bits per heavy atom. The Balaban J connectivity index is 1.60. The van der Waals surface area contributed by atoms with Gasteiger partial charge in [-0.25, -0.2) is 0 Å². The highest BCUT2D eigenvalue weighted by Crippen LogP contribution is 2.10. The Hall–Kier alpha value is -1.46. The van der Waals surface area contributed by atoms with Crippen molar-refractivity contribution in [2.24, 2.45) is 0 Å². The molecule has 112 valence electrons. The van der Waals surface area contributed by atoms with Crippen molar-refractivity contribution in [2.75, 3.05) is 12.3 Å². The first-order valence-electron chi connectivity index (χ1n) is 6.92. The summed E-state index contributed by atoms with van der Waals surface area (Å²) in [4.78, 5) is 12.9. The summed E-state index contributed by atoms with van der Waals surface area (Å²) >= 11 is 1.67. The molecule has 1 heterocycles. The molecule has 3 nitrogen and oxygen atoms in total. The van der Waals surface area contributed by atoms with Gasteiger partial charge < -0.3 is 5.32 Å². The van der Waals surface area contributed by atoms with Gasteiger partial charge >= 0.3 is 0 Å². The lowest BCUT2D eigenvalue weighted by atomic mass is 10.2. The average molecular weight is 321 g/mol. The lowest BCUT2D eigenvalue weighted by Crippen LogP contribution is -2.28. The predicted octanol–water partition coefficient (Wildman–Crippen LogP) is 2.75. The zero-order chi connectivity index (χ0) is 14.9. The summed E-state index contributed by atoms with van der Waals surface area (Å²) in [5.41, 5.74) is 1.07. The number of aryl methyl sites for hydroxylation is 1. The number of rotatable bonds is 8. The van der Waals surface area contributed by atoms with E-state index in [-0.39, 0.29) is 5.91 Å². The number of carbonyl (C=O) groups excluding carboxylic acids is 1. The van der Waals surface area contributed by atoms with Crippen molar-refractivity contribution in [3.8, 4) is 0 Å². The SMILES string of the molecule is O=C(CCc1cccs1)NCCS(=O)Cc1ccccc1. The van der Waals surface area contributed by atoms with Gasteiger partial charge in [0.15, 0.2) is 0 Å². The van der Waals surface area contributed by atoms with Crippen LogP contribution >= 0.6 is 11.3 Å². The molecular formula is C16H19NO2S2. The van der Waals surface area contributed by atoms with Gasteiger partial charge in [0, 0.05) is 40.1 Å². The maximum absolute atomic E-state index is 11.9. The molecule has 1 unspecified atom stereocenters. The van der Waals surface area contributed by atoms with Gasteiger partial charge in [0.1, 0.15) is 0 Å². The quantitative estimate of drug-likeness (QED) is 0.812. The minimum atomic E-state index is -0.934. The Morgan fingerprint density at radius 3 is 2.67 bits per heavy atom. The van der Waals surface area contributed by atoms with E-state index in [0.717, 1.165) is 12.0 Å². The van der Waals surface area contributed by atoms with Crippen LogP contribution < -0.4 is 5.32 Å². The second-order valence-electron chi connectivity index (χ2n) is 4.70. The molecule has 5 heteroatoms. The van der Waals surface area contributed by atoms with Gasteiger partial charge in [-0.15, -0.1) is 11.3 Å². The highest BCUT2D eigenvalue weighted by Gasteiger charge is 2.05. The minimum Gasteiger partial charge on any atom is -0.355 e. The number of benzene rings is 1. The second kappa shape index (κ2) is 8.74. The van der Waals surface area contributed by atoms with Crippen LogP contribution in [0.3, 0.4) is 0 Å². The monoisotopic (exact) mass is 321 g/mol. The third-order valence-electron chi connectivity index (χ3n) is 3.00. The molecule has 1 N–H and O–H groups in total. The highest BCUT2D eigenvalue weighted by molar-refractivity contribution is 7.84. The molecular weight excluding hydrogens is 302 g/mol. The van der Waals surface area contributed by atoms with E-state index in [1.54, 1.807) is 11.3 Å². The van der Waals surface area contributed by atoms with Gasteiger partial charge in [-0.2, -0.15) is 0 Å². The van der Waals surface area contributed by atoms with E-state index in [9.17, 15) is 9.00 Å². The first-order valence-corrected chi connectivity index (χ1v) is 9.29. The molecule has 0 bridgehead atoms. The number of nitrogens with one attached hydrogen (secondary N) is 1. The van der Waals surface area contributed by atoms with Gasteiger partial charge in [-0.3, -0.25) is 9.00 Å². The zero-order valence-corrected chi connectivity index (χ0v) is 13.4. The van der Waals surface area contributed by atoms with Crippen LogP contribution in [0.4, 0.5) is 0 Å². The van der Waals surface area contributed by atoms with Crippen LogP contribution in [0.2, 0.25) is 0 Å². The standard InChI is InChI=1S/C16H19NO2S2/c18-16(9-8-15-7-4-11-20-15)17-10-12-21(19)13-14-5-2-1-3-6-14/h1-7,11H,8-10,12-13H2,(H,17,18). The number of thiophene rings is 1. The van der Waals surface area contributed by atoms with Crippen molar-refractivity contribution in [3.05, 3.63) is 58.3 Å². The minimum absolute atomic E-state index is 0.0279. The first kappa shape index (κ1) is 15.9. The molecule has 1 atom stereocenters. The third kappa shape index (κ3) is 6.23.